The monoisotopic (exact) mass is 227 g/mol. The van der Waals surface area contributed by atoms with E-state index in [1.807, 2.05) is 0 Å². The fourth-order valence-electron chi connectivity index (χ4n) is 1.25. The lowest BCUT2D eigenvalue weighted by Crippen LogP contribution is -2.38. The lowest BCUT2D eigenvalue weighted by molar-refractivity contribution is 0.377. The van der Waals surface area contributed by atoms with Gasteiger partial charge in [-0.25, -0.2) is 0 Å². The second-order valence-corrected chi connectivity index (χ2v) is 5.35. The Bertz CT molecular complexity index is 192. The zero-order chi connectivity index (χ0) is 12.4. The normalized spacial score (nSPS) is 12.7. The third-order valence-electron chi connectivity index (χ3n) is 2.29. The molecule has 0 aromatic carbocycles. The predicted octanol–water partition coefficient (Wildman–Crippen LogP) is 2.78. The molecule has 0 bridgehead atoms. The van der Waals surface area contributed by atoms with Gasteiger partial charge in [-0.2, -0.15) is 0 Å². The van der Waals surface area contributed by atoms with E-state index < -0.39 is 0 Å². The van der Waals surface area contributed by atoms with Crippen molar-refractivity contribution in [2.75, 3.05) is 19.6 Å². The van der Waals surface area contributed by atoms with Crippen LogP contribution in [-0.2, 0) is 0 Å². The first-order valence-corrected chi connectivity index (χ1v) is 6.51. The van der Waals surface area contributed by atoms with Gasteiger partial charge < -0.3 is 10.6 Å². The Hall–Kier alpha value is -0.730. The van der Waals surface area contributed by atoms with Gasteiger partial charge in [0.1, 0.15) is 0 Å². The van der Waals surface area contributed by atoms with Crippen molar-refractivity contribution in [3.63, 3.8) is 0 Å². The van der Waals surface area contributed by atoms with Crippen LogP contribution in [0.1, 0.15) is 53.9 Å². The number of rotatable bonds is 6. The molecule has 3 heteroatoms. The van der Waals surface area contributed by atoms with E-state index in [-0.39, 0.29) is 0 Å². The molecule has 0 aromatic heterocycles. The van der Waals surface area contributed by atoms with Crippen molar-refractivity contribution in [3.05, 3.63) is 0 Å². The highest BCUT2D eigenvalue weighted by Gasteiger charge is 2.09. The molecule has 0 fully saturated rings. The zero-order valence-corrected chi connectivity index (χ0v) is 11.7. The fourth-order valence-corrected chi connectivity index (χ4v) is 1.25. The van der Waals surface area contributed by atoms with E-state index in [4.69, 9.17) is 0 Å². The Morgan fingerprint density at radius 3 is 2.31 bits per heavy atom. The molecule has 0 aliphatic rings. The minimum atomic E-state index is 0.383. The molecule has 0 saturated carbocycles. The summed E-state index contributed by atoms with van der Waals surface area (Å²) in [7, 11) is 0. The molecule has 0 radical (unpaired) electrons. The predicted molar refractivity (Wildman–Crippen MR) is 73.0 cm³/mol. The van der Waals surface area contributed by atoms with Crippen molar-refractivity contribution >= 4 is 5.96 Å². The zero-order valence-electron chi connectivity index (χ0n) is 11.7. The van der Waals surface area contributed by atoms with Gasteiger partial charge in [-0.3, -0.25) is 4.99 Å². The van der Waals surface area contributed by atoms with Crippen LogP contribution in [0.15, 0.2) is 4.99 Å². The molecule has 0 aliphatic heterocycles. The maximum Gasteiger partial charge on any atom is 0.191 e. The first-order valence-electron chi connectivity index (χ1n) is 6.51. The van der Waals surface area contributed by atoms with E-state index in [0.29, 0.717) is 5.41 Å². The van der Waals surface area contributed by atoms with Crippen LogP contribution in [0.25, 0.3) is 0 Å². The summed E-state index contributed by atoms with van der Waals surface area (Å²) in [5.41, 5.74) is 0.383. The molecule has 16 heavy (non-hydrogen) atoms. The third-order valence-corrected chi connectivity index (χ3v) is 2.29. The maximum atomic E-state index is 4.52. The number of hydrogen-bond donors (Lipinski definition) is 2. The average molecular weight is 227 g/mol. The molecule has 0 rings (SSSR count). The van der Waals surface area contributed by atoms with Gasteiger partial charge in [0.05, 0.1) is 0 Å². The Morgan fingerprint density at radius 2 is 1.81 bits per heavy atom. The molecule has 0 unspecified atom stereocenters. The van der Waals surface area contributed by atoms with Crippen LogP contribution in [-0.4, -0.2) is 25.6 Å². The minimum Gasteiger partial charge on any atom is -0.357 e. The average Bonchev–Trinajstić information content (AvgIpc) is 2.16. The van der Waals surface area contributed by atoms with E-state index in [0.717, 1.165) is 38.4 Å². The highest BCUT2D eigenvalue weighted by Crippen LogP contribution is 2.16. The van der Waals surface area contributed by atoms with Crippen molar-refractivity contribution < 1.29 is 0 Å². The van der Waals surface area contributed by atoms with Gasteiger partial charge in [-0.1, -0.05) is 34.1 Å². The highest BCUT2D eigenvalue weighted by atomic mass is 15.2. The van der Waals surface area contributed by atoms with Crippen LogP contribution in [0.5, 0.6) is 0 Å². The van der Waals surface area contributed by atoms with Gasteiger partial charge in [0.15, 0.2) is 5.96 Å². The topological polar surface area (TPSA) is 36.4 Å². The second-order valence-electron chi connectivity index (χ2n) is 5.35. The molecule has 0 heterocycles. The SMILES string of the molecule is CCCCN=C(NCC)NCCC(C)(C)C. The van der Waals surface area contributed by atoms with Gasteiger partial charge in [0.25, 0.3) is 0 Å². The van der Waals surface area contributed by atoms with Crippen LogP contribution >= 0.6 is 0 Å². The molecule has 0 atom stereocenters. The summed E-state index contributed by atoms with van der Waals surface area (Å²) in [6, 6.07) is 0. The molecule has 0 spiro atoms. The van der Waals surface area contributed by atoms with Crippen molar-refractivity contribution in [2.45, 2.75) is 53.9 Å². The quantitative estimate of drug-likeness (QED) is 0.416. The van der Waals surface area contributed by atoms with Gasteiger partial charge in [0.2, 0.25) is 0 Å². The van der Waals surface area contributed by atoms with E-state index in [9.17, 15) is 0 Å². The van der Waals surface area contributed by atoms with Crippen molar-refractivity contribution in [2.24, 2.45) is 10.4 Å². The number of nitrogens with one attached hydrogen (secondary N) is 2. The first kappa shape index (κ1) is 15.3. The summed E-state index contributed by atoms with van der Waals surface area (Å²) < 4.78 is 0. The van der Waals surface area contributed by atoms with E-state index in [2.05, 4.69) is 50.2 Å². The number of unbranched alkanes of at least 4 members (excludes halogenated alkanes) is 1. The summed E-state index contributed by atoms with van der Waals surface area (Å²) in [6.07, 6.45) is 3.52. The van der Waals surface area contributed by atoms with E-state index in [1.165, 1.54) is 6.42 Å². The standard InChI is InChI=1S/C13H29N3/c1-6-8-10-15-12(14-7-2)16-11-9-13(3,4)5/h6-11H2,1-5H3,(H2,14,15,16). The van der Waals surface area contributed by atoms with Crippen LogP contribution in [0, 0.1) is 5.41 Å². The lowest BCUT2D eigenvalue weighted by atomic mass is 9.92. The third kappa shape index (κ3) is 9.81. The molecule has 0 aromatic rings. The first-order chi connectivity index (χ1) is 7.49. The van der Waals surface area contributed by atoms with E-state index >= 15 is 0 Å². The molecule has 2 N–H and O–H groups in total. The summed E-state index contributed by atoms with van der Waals surface area (Å²) in [4.78, 5) is 4.52. The summed E-state index contributed by atoms with van der Waals surface area (Å²) in [5.74, 6) is 0.959. The smallest absolute Gasteiger partial charge is 0.191 e. The number of nitrogens with zero attached hydrogens (tertiary/aromatic N) is 1. The summed E-state index contributed by atoms with van der Waals surface area (Å²) in [5, 5.41) is 6.64. The molecule has 96 valence electrons. The van der Waals surface area contributed by atoms with Crippen LogP contribution in [0.2, 0.25) is 0 Å². The Kier molecular flexibility index (Phi) is 8.04. The second kappa shape index (κ2) is 8.43. The Morgan fingerprint density at radius 1 is 1.12 bits per heavy atom. The van der Waals surface area contributed by atoms with Crippen molar-refractivity contribution in [3.8, 4) is 0 Å². The molecular formula is C13H29N3. The van der Waals surface area contributed by atoms with Crippen LogP contribution < -0.4 is 10.6 Å². The van der Waals surface area contributed by atoms with Gasteiger partial charge in [-0.15, -0.1) is 0 Å². The Labute approximate surface area is 101 Å². The maximum absolute atomic E-state index is 4.52. The number of hydrogen-bond acceptors (Lipinski definition) is 1. The van der Waals surface area contributed by atoms with Gasteiger partial charge in [0, 0.05) is 19.6 Å². The number of aliphatic imine (C=N–C) groups is 1. The van der Waals surface area contributed by atoms with Crippen molar-refractivity contribution in [1.29, 1.82) is 0 Å². The lowest BCUT2D eigenvalue weighted by Gasteiger charge is -2.19. The van der Waals surface area contributed by atoms with Crippen LogP contribution in [0.4, 0.5) is 0 Å². The van der Waals surface area contributed by atoms with Gasteiger partial charge in [-0.05, 0) is 25.2 Å². The molecule has 0 amide bonds. The largest absolute Gasteiger partial charge is 0.357 e. The minimum absolute atomic E-state index is 0.383. The van der Waals surface area contributed by atoms with E-state index in [1.54, 1.807) is 0 Å². The Balaban J connectivity index is 3.88. The molecular weight excluding hydrogens is 198 g/mol. The van der Waals surface area contributed by atoms with Gasteiger partial charge >= 0.3 is 0 Å². The highest BCUT2D eigenvalue weighted by molar-refractivity contribution is 5.79. The molecule has 3 nitrogen and oxygen atoms in total. The molecule has 0 aliphatic carbocycles. The van der Waals surface area contributed by atoms with Crippen LogP contribution in [0.3, 0.4) is 0 Å². The fraction of sp³-hybridized carbons (Fsp3) is 0.923. The summed E-state index contributed by atoms with van der Waals surface area (Å²) >= 11 is 0. The summed E-state index contributed by atoms with van der Waals surface area (Å²) in [6.45, 7) is 13.9. The van der Waals surface area contributed by atoms with Crippen molar-refractivity contribution in [1.82, 2.24) is 10.6 Å². The molecule has 0 saturated heterocycles. The number of guanidine groups is 1.